The molecule has 0 bridgehead atoms. The highest BCUT2D eigenvalue weighted by Crippen LogP contribution is 2.18. The van der Waals surface area contributed by atoms with E-state index in [1.807, 2.05) is 0 Å². The van der Waals surface area contributed by atoms with Crippen LogP contribution in [-0.2, 0) is 0 Å². The molecule has 0 aliphatic rings. The van der Waals surface area contributed by atoms with Crippen LogP contribution in [0.25, 0.3) is 0 Å². The Morgan fingerprint density at radius 2 is 2.17 bits per heavy atom. The van der Waals surface area contributed by atoms with Crippen molar-refractivity contribution in [1.29, 1.82) is 0 Å². The van der Waals surface area contributed by atoms with Crippen molar-refractivity contribution in [1.82, 2.24) is 4.98 Å². The van der Waals surface area contributed by atoms with Gasteiger partial charge in [-0.3, -0.25) is 0 Å². The quantitative estimate of drug-likeness (QED) is 0.723. The number of aliphatic hydroxyl groups is 1. The molecule has 5 nitrogen and oxygen atoms in total. The van der Waals surface area contributed by atoms with Crippen LogP contribution in [0.5, 0.6) is 0 Å². The lowest BCUT2D eigenvalue weighted by atomic mass is 10.2. The second kappa shape index (κ2) is 6.90. The van der Waals surface area contributed by atoms with Crippen LogP contribution < -0.4 is 4.90 Å². The molecule has 0 aliphatic carbocycles. The Morgan fingerprint density at radius 3 is 2.78 bits per heavy atom. The van der Waals surface area contributed by atoms with E-state index in [2.05, 4.69) is 4.98 Å². The fourth-order valence-corrected chi connectivity index (χ4v) is 1.61. The molecule has 0 radical (unpaired) electrons. The van der Waals surface area contributed by atoms with Gasteiger partial charge in [-0.2, -0.15) is 0 Å². The second-order valence-electron chi connectivity index (χ2n) is 4.01. The van der Waals surface area contributed by atoms with Gasteiger partial charge in [-0.1, -0.05) is 0 Å². The van der Waals surface area contributed by atoms with Crippen LogP contribution in [0.15, 0.2) is 12.3 Å². The molecule has 0 saturated carbocycles. The van der Waals surface area contributed by atoms with Gasteiger partial charge in [0.15, 0.2) is 11.6 Å². The van der Waals surface area contributed by atoms with Gasteiger partial charge in [0, 0.05) is 26.4 Å². The molecule has 1 heterocycles. The number of hydrogen-bond acceptors (Lipinski definition) is 4. The van der Waals surface area contributed by atoms with Crippen LogP contribution in [0.1, 0.15) is 29.6 Å². The molecule has 1 aromatic rings. The third-order valence-corrected chi connectivity index (χ3v) is 2.61. The van der Waals surface area contributed by atoms with Gasteiger partial charge in [0.1, 0.15) is 5.56 Å². The zero-order valence-electron chi connectivity index (χ0n) is 10.3. The number of aromatic carboxylic acids is 1. The highest BCUT2D eigenvalue weighted by atomic mass is 19.1. The summed E-state index contributed by atoms with van der Waals surface area (Å²) in [5.74, 6) is -2.07. The fraction of sp³-hybridized carbons (Fsp3) is 0.500. The minimum Gasteiger partial charge on any atom is -0.478 e. The van der Waals surface area contributed by atoms with E-state index in [9.17, 15) is 9.18 Å². The smallest absolute Gasteiger partial charge is 0.338 e. The number of aliphatic hydroxyl groups excluding tert-OH is 1. The molecule has 6 heteroatoms. The first-order chi connectivity index (χ1) is 8.57. The second-order valence-corrected chi connectivity index (χ2v) is 4.01. The van der Waals surface area contributed by atoms with Gasteiger partial charge in [0.25, 0.3) is 0 Å². The highest BCUT2D eigenvalue weighted by Gasteiger charge is 2.17. The maximum absolute atomic E-state index is 13.8. The minimum atomic E-state index is -1.30. The number of aromatic nitrogens is 1. The predicted octanol–water partition coefficient (Wildman–Crippen LogP) is 1.52. The van der Waals surface area contributed by atoms with Crippen LogP contribution in [0, 0.1) is 5.82 Å². The Labute approximate surface area is 105 Å². The van der Waals surface area contributed by atoms with E-state index >= 15 is 0 Å². The molecule has 0 aliphatic heterocycles. The lowest BCUT2D eigenvalue weighted by Crippen LogP contribution is -2.22. The molecule has 1 aromatic heterocycles. The SMILES string of the molecule is CN(CCCCCO)c1nccc(C(=O)O)c1F. The summed E-state index contributed by atoms with van der Waals surface area (Å²) in [5.41, 5.74) is -0.373. The summed E-state index contributed by atoms with van der Waals surface area (Å²) in [7, 11) is 1.66. The van der Waals surface area contributed by atoms with Crippen molar-refractivity contribution < 1.29 is 19.4 Å². The highest BCUT2D eigenvalue weighted by molar-refractivity contribution is 5.88. The largest absolute Gasteiger partial charge is 0.478 e. The van der Waals surface area contributed by atoms with Crippen molar-refractivity contribution in [2.75, 3.05) is 25.1 Å². The van der Waals surface area contributed by atoms with Crippen molar-refractivity contribution in [3.8, 4) is 0 Å². The Bertz CT molecular complexity index is 412. The number of carboxylic acids is 1. The summed E-state index contributed by atoms with van der Waals surface area (Å²) in [5, 5.41) is 17.4. The number of nitrogens with zero attached hydrogens (tertiary/aromatic N) is 2. The molecule has 100 valence electrons. The third kappa shape index (κ3) is 3.66. The van der Waals surface area contributed by atoms with Gasteiger partial charge in [-0.15, -0.1) is 0 Å². The predicted molar refractivity (Wildman–Crippen MR) is 65.4 cm³/mol. The molecule has 0 aromatic carbocycles. The third-order valence-electron chi connectivity index (χ3n) is 2.61. The van der Waals surface area contributed by atoms with Gasteiger partial charge in [-0.25, -0.2) is 14.2 Å². The van der Waals surface area contributed by atoms with Crippen molar-refractivity contribution in [3.05, 3.63) is 23.6 Å². The molecule has 0 spiro atoms. The lowest BCUT2D eigenvalue weighted by molar-refractivity contribution is 0.0691. The lowest BCUT2D eigenvalue weighted by Gasteiger charge is -2.19. The molecule has 0 fully saturated rings. The van der Waals surface area contributed by atoms with E-state index in [0.717, 1.165) is 18.9 Å². The average Bonchev–Trinajstić information content (AvgIpc) is 2.34. The molecular weight excluding hydrogens is 239 g/mol. The van der Waals surface area contributed by atoms with Crippen LogP contribution >= 0.6 is 0 Å². The monoisotopic (exact) mass is 256 g/mol. The van der Waals surface area contributed by atoms with E-state index in [-0.39, 0.29) is 18.0 Å². The van der Waals surface area contributed by atoms with E-state index in [4.69, 9.17) is 10.2 Å². The van der Waals surface area contributed by atoms with Crippen LogP contribution in [-0.4, -0.2) is 41.4 Å². The number of unbranched alkanes of at least 4 members (excludes halogenated alkanes) is 2. The first kappa shape index (κ1) is 14.4. The van der Waals surface area contributed by atoms with Gasteiger partial charge in [-0.05, 0) is 25.3 Å². The standard InChI is InChI=1S/C12H17FN2O3/c1-15(7-3-2-4-8-16)11-10(13)9(12(17)18)5-6-14-11/h5-6,16H,2-4,7-8H2,1H3,(H,17,18). The van der Waals surface area contributed by atoms with E-state index in [0.29, 0.717) is 13.0 Å². The normalized spacial score (nSPS) is 10.4. The molecule has 2 N–H and O–H groups in total. The molecular formula is C12H17FN2O3. The first-order valence-electron chi connectivity index (χ1n) is 5.77. The first-order valence-corrected chi connectivity index (χ1v) is 5.77. The van der Waals surface area contributed by atoms with Crippen molar-refractivity contribution in [2.45, 2.75) is 19.3 Å². The number of carbonyl (C=O) groups is 1. The van der Waals surface area contributed by atoms with E-state index < -0.39 is 11.8 Å². The van der Waals surface area contributed by atoms with Gasteiger partial charge >= 0.3 is 5.97 Å². The molecule has 18 heavy (non-hydrogen) atoms. The summed E-state index contributed by atoms with van der Waals surface area (Å²) < 4.78 is 13.8. The molecule has 0 amide bonds. The van der Waals surface area contributed by atoms with Gasteiger partial charge in [0.2, 0.25) is 0 Å². The van der Waals surface area contributed by atoms with Crippen LogP contribution in [0.2, 0.25) is 0 Å². The molecule has 1 rings (SSSR count). The topological polar surface area (TPSA) is 73.7 Å². The van der Waals surface area contributed by atoms with Crippen LogP contribution in [0.3, 0.4) is 0 Å². The zero-order chi connectivity index (χ0) is 13.5. The number of rotatable bonds is 7. The maximum Gasteiger partial charge on any atom is 0.338 e. The number of carboxylic acid groups (broad SMARTS) is 1. The Hall–Kier alpha value is -1.69. The van der Waals surface area contributed by atoms with Crippen LogP contribution in [0.4, 0.5) is 10.2 Å². The number of hydrogen-bond donors (Lipinski definition) is 2. The Balaban J connectivity index is 2.70. The van der Waals surface area contributed by atoms with E-state index in [1.54, 1.807) is 11.9 Å². The van der Waals surface area contributed by atoms with Crippen molar-refractivity contribution in [2.24, 2.45) is 0 Å². The van der Waals surface area contributed by atoms with Gasteiger partial charge < -0.3 is 15.1 Å². The summed E-state index contributed by atoms with van der Waals surface area (Å²) >= 11 is 0. The molecule has 0 saturated heterocycles. The van der Waals surface area contributed by atoms with Crippen molar-refractivity contribution >= 4 is 11.8 Å². The Kier molecular flexibility index (Phi) is 5.51. The fourth-order valence-electron chi connectivity index (χ4n) is 1.61. The summed E-state index contributed by atoms with van der Waals surface area (Å²) in [4.78, 5) is 16.2. The minimum absolute atomic E-state index is 0.0406. The number of halogens is 1. The summed E-state index contributed by atoms with van der Waals surface area (Å²) in [6.07, 6.45) is 3.61. The van der Waals surface area contributed by atoms with Crippen molar-refractivity contribution in [3.63, 3.8) is 0 Å². The summed E-state index contributed by atoms with van der Waals surface area (Å²) in [6.45, 7) is 0.706. The maximum atomic E-state index is 13.8. The van der Waals surface area contributed by atoms with E-state index in [1.165, 1.54) is 6.20 Å². The molecule has 0 atom stereocenters. The number of pyridine rings is 1. The average molecular weight is 256 g/mol. The molecule has 0 unspecified atom stereocenters. The Morgan fingerprint density at radius 1 is 1.44 bits per heavy atom. The number of anilines is 1. The van der Waals surface area contributed by atoms with Gasteiger partial charge in [0.05, 0.1) is 0 Å². The zero-order valence-corrected chi connectivity index (χ0v) is 10.3. The summed E-state index contributed by atoms with van der Waals surface area (Å²) in [6, 6.07) is 1.14.